The zero-order valence-electron chi connectivity index (χ0n) is 16.9. The van der Waals surface area contributed by atoms with Crippen molar-refractivity contribution in [1.82, 2.24) is 4.98 Å². The highest BCUT2D eigenvalue weighted by Crippen LogP contribution is 2.37. The Balaban J connectivity index is 1.90. The molecule has 0 radical (unpaired) electrons. The second kappa shape index (κ2) is 7.72. The summed E-state index contributed by atoms with van der Waals surface area (Å²) in [6.45, 7) is 9.15. The Morgan fingerprint density at radius 1 is 1.14 bits per heavy atom. The van der Waals surface area contributed by atoms with Gasteiger partial charge in [0.1, 0.15) is 5.56 Å². The number of aromatic nitrogens is 1. The highest BCUT2D eigenvalue weighted by molar-refractivity contribution is 6.62. The molecule has 1 aliphatic heterocycles. The van der Waals surface area contributed by atoms with E-state index in [1.165, 1.54) is 18.3 Å². The Hall–Kier alpha value is -2.52. The molecule has 0 amide bonds. The third-order valence-electron chi connectivity index (χ3n) is 5.01. The summed E-state index contributed by atoms with van der Waals surface area (Å²) in [5.41, 5.74) is -1.16. The summed E-state index contributed by atoms with van der Waals surface area (Å²) in [5, 5.41) is 0. The van der Waals surface area contributed by atoms with Gasteiger partial charge in [0.05, 0.1) is 17.8 Å². The Kier molecular flexibility index (Phi) is 5.64. The molecule has 154 valence electrons. The lowest BCUT2D eigenvalue weighted by Crippen LogP contribution is -2.41. The Morgan fingerprint density at radius 2 is 1.72 bits per heavy atom. The van der Waals surface area contributed by atoms with Crippen LogP contribution in [0.15, 0.2) is 30.5 Å². The van der Waals surface area contributed by atoms with Gasteiger partial charge < -0.3 is 18.8 Å². The van der Waals surface area contributed by atoms with Gasteiger partial charge in [0.15, 0.2) is 11.6 Å². The lowest BCUT2D eigenvalue weighted by atomic mass is 9.79. The third kappa shape index (κ3) is 4.11. The van der Waals surface area contributed by atoms with Gasteiger partial charge in [-0.05, 0) is 64.3 Å². The Morgan fingerprint density at radius 3 is 2.28 bits per heavy atom. The fourth-order valence-corrected chi connectivity index (χ4v) is 2.73. The number of halogens is 2. The van der Waals surface area contributed by atoms with Crippen molar-refractivity contribution in [2.75, 3.05) is 6.61 Å². The predicted octanol–water partition coefficient (Wildman–Crippen LogP) is 3.63. The number of ether oxygens (including phenoxy) is 2. The molecule has 1 fully saturated rings. The lowest BCUT2D eigenvalue weighted by Gasteiger charge is -2.32. The summed E-state index contributed by atoms with van der Waals surface area (Å²) in [7, 11) is -0.928. The fraction of sp³-hybridized carbons (Fsp3) is 0.400. The van der Waals surface area contributed by atoms with Crippen LogP contribution in [0.4, 0.5) is 8.78 Å². The van der Waals surface area contributed by atoms with Crippen LogP contribution in [-0.4, -0.2) is 35.9 Å². The summed E-state index contributed by atoms with van der Waals surface area (Å²) in [5.74, 6) is -3.60. The summed E-state index contributed by atoms with van der Waals surface area (Å²) < 4.78 is 51.3. The Labute approximate surface area is 168 Å². The topological polar surface area (TPSA) is 66.9 Å². The molecule has 0 saturated carbocycles. The van der Waals surface area contributed by atoms with E-state index in [0.717, 1.165) is 12.1 Å². The van der Waals surface area contributed by atoms with E-state index >= 15 is 0 Å². The highest BCUT2D eigenvalue weighted by atomic mass is 19.1. The number of hydrogen-bond acceptors (Lipinski definition) is 6. The molecular weight excluding hydrogens is 383 g/mol. The summed E-state index contributed by atoms with van der Waals surface area (Å²) >= 11 is 0. The number of carbonyl (C=O) groups excluding carboxylic acids is 1. The van der Waals surface area contributed by atoms with Crippen molar-refractivity contribution in [1.29, 1.82) is 0 Å². The molecule has 0 spiro atoms. The molecular formula is C20H22BF2NO5. The first-order valence-electron chi connectivity index (χ1n) is 9.20. The SMILES string of the molecule is CCOC(=O)c1cccnc1Oc1c(F)cc(B2OC(C)(C)C(C)(C)O2)cc1F. The minimum Gasteiger partial charge on any atom is -0.462 e. The molecule has 2 heterocycles. The molecule has 1 aliphatic rings. The molecule has 0 bridgehead atoms. The first-order valence-corrected chi connectivity index (χ1v) is 9.20. The average molecular weight is 405 g/mol. The quantitative estimate of drug-likeness (QED) is 0.559. The molecule has 0 unspecified atom stereocenters. The van der Waals surface area contributed by atoms with Crippen molar-refractivity contribution in [2.24, 2.45) is 0 Å². The zero-order valence-corrected chi connectivity index (χ0v) is 16.9. The molecule has 0 N–H and O–H groups in total. The number of esters is 1. The minimum absolute atomic E-state index is 0.0387. The summed E-state index contributed by atoms with van der Waals surface area (Å²) in [6, 6.07) is 5.04. The van der Waals surface area contributed by atoms with Crippen LogP contribution in [0.25, 0.3) is 0 Å². The smallest absolute Gasteiger partial charge is 0.462 e. The number of carbonyl (C=O) groups is 1. The van der Waals surface area contributed by atoms with Crippen molar-refractivity contribution in [3.8, 4) is 11.6 Å². The molecule has 29 heavy (non-hydrogen) atoms. The van der Waals surface area contributed by atoms with Crippen molar-refractivity contribution in [3.63, 3.8) is 0 Å². The van der Waals surface area contributed by atoms with E-state index < -0.39 is 41.7 Å². The van der Waals surface area contributed by atoms with Gasteiger partial charge in [-0.3, -0.25) is 0 Å². The third-order valence-corrected chi connectivity index (χ3v) is 5.01. The van der Waals surface area contributed by atoms with Crippen molar-refractivity contribution < 1.29 is 32.4 Å². The molecule has 6 nitrogen and oxygen atoms in total. The first kappa shape index (κ1) is 21.2. The number of rotatable bonds is 5. The van der Waals surface area contributed by atoms with Crippen molar-refractivity contribution >= 4 is 18.6 Å². The Bertz CT molecular complexity index is 896. The van der Waals surface area contributed by atoms with Crippen LogP contribution < -0.4 is 10.2 Å². The number of benzene rings is 1. The van der Waals surface area contributed by atoms with E-state index in [9.17, 15) is 13.6 Å². The first-order chi connectivity index (χ1) is 13.6. The van der Waals surface area contributed by atoms with E-state index in [0.29, 0.717) is 0 Å². The standard InChI is InChI=1S/C20H22BF2NO5/c1-6-26-18(25)13-8-7-9-24-17(13)27-16-14(22)10-12(11-15(16)23)21-28-19(2,3)20(4,5)29-21/h7-11H,6H2,1-5H3. The van der Waals surface area contributed by atoms with Gasteiger partial charge in [0, 0.05) is 6.20 Å². The second-order valence-corrected chi connectivity index (χ2v) is 7.58. The molecule has 1 aromatic heterocycles. The van der Waals surface area contributed by atoms with Gasteiger partial charge in [-0.2, -0.15) is 0 Å². The molecule has 0 aliphatic carbocycles. The molecule has 2 aromatic rings. The van der Waals surface area contributed by atoms with Crippen LogP contribution in [0.5, 0.6) is 11.6 Å². The van der Waals surface area contributed by atoms with Gasteiger partial charge >= 0.3 is 13.1 Å². The van der Waals surface area contributed by atoms with Gasteiger partial charge in [0.25, 0.3) is 0 Å². The van der Waals surface area contributed by atoms with Crippen LogP contribution in [0, 0.1) is 11.6 Å². The van der Waals surface area contributed by atoms with Gasteiger partial charge in [-0.15, -0.1) is 0 Å². The zero-order chi connectivity index (χ0) is 21.4. The van der Waals surface area contributed by atoms with Crippen LogP contribution in [0.3, 0.4) is 0 Å². The summed E-state index contributed by atoms with van der Waals surface area (Å²) in [6.07, 6.45) is 1.34. The number of hydrogen-bond donors (Lipinski definition) is 0. The van der Waals surface area contributed by atoms with Crippen LogP contribution in [0.1, 0.15) is 45.0 Å². The van der Waals surface area contributed by atoms with Gasteiger partial charge in [0.2, 0.25) is 11.6 Å². The molecule has 0 atom stereocenters. The molecule has 9 heteroatoms. The lowest BCUT2D eigenvalue weighted by molar-refractivity contribution is 0.00578. The van der Waals surface area contributed by atoms with Crippen LogP contribution in [0.2, 0.25) is 0 Å². The number of pyridine rings is 1. The minimum atomic E-state index is -0.977. The molecule has 1 aromatic carbocycles. The van der Waals surface area contributed by atoms with E-state index in [4.69, 9.17) is 18.8 Å². The maximum absolute atomic E-state index is 14.7. The van der Waals surface area contributed by atoms with E-state index in [2.05, 4.69) is 4.98 Å². The summed E-state index contributed by atoms with van der Waals surface area (Å²) in [4.78, 5) is 15.9. The van der Waals surface area contributed by atoms with Crippen molar-refractivity contribution in [2.45, 2.75) is 45.8 Å². The average Bonchev–Trinajstić information content (AvgIpc) is 2.86. The second-order valence-electron chi connectivity index (χ2n) is 7.58. The predicted molar refractivity (Wildman–Crippen MR) is 102 cm³/mol. The van der Waals surface area contributed by atoms with E-state index in [1.54, 1.807) is 6.92 Å². The monoisotopic (exact) mass is 405 g/mol. The normalized spacial score (nSPS) is 17.3. The maximum atomic E-state index is 14.7. The fourth-order valence-electron chi connectivity index (χ4n) is 2.73. The molecule has 1 saturated heterocycles. The van der Waals surface area contributed by atoms with Gasteiger partial charge in [-0.1, -0.05) is 0 Å². The largest absolute Gasteiger partial charge is 0.495 e. The highest BCUT2D eigenvalue weighted by Gasteiger charge is 2.52. The number of nitrogens with zero attached hydrogens (tertiary/aromatic N) is 1. The molecule has 3 rings (SSSR count). The van der Waals surface area contributed by atoms with Crippen molar-refractivity contribution in [3.05, 3.63) is 47.7 Å². The van der Waals surface area contributed by atoms with Crippen LogP contribution >= 0.6 is 0 Å². The van der Waals surface area contributed by atoms with Crippen LogP contribution in [-0.2, 0) is 14.0 Å². The van der Waals surface area contributed by atoms with Gasteiger partial charge in [-0.25, -0.2) is 18.6 Å². The van der Waals surface area contributed by atoms with E-state index in [1.807, 2.05) is 27.7 Å². The maximum Gasteiger partial charge on any atom is 0.495 e. The van der Waals surface area contributed by atoms with E-state index in [-0.39, 0.29) is 23.5 Å².